The Hall–Kier alpha value is -1.39. The van der Waals surface area contributed by atoms with Crippen molar-refractivity contribution in [2.24, 2.45) is 5.41 Å². The van der Waals surface area contributed by atoms with Gasteiger partial charge in [0.05, 0.1) is 14.2 Å². The van der Waals surface area contributed by atoms with Gasteiger partial charge in [-0.2, -0.15) is 0 Å². The fraction of sp³-hybridized carbons (Fsp3) is 0.719. The van der Waals surface area contributed by atoms with Gasteiger partial charge in [-0.3, -0.25) is 4.79 Å². The van der Waals surface area contributed by atoms with Gasteiger partial charge in [-0.05, 0) is 46.1 Å². The van der Waals surface area contributed by atoms with Crippen LogP contribution in [0.4, 0.5) is 0 Å². The second kappa shape index (κ2) is 16.4. The number of esters is 1. The van der Waals surface area contributed by atoms with Crippen molar-refractivity contribution >= 4 is 19.2 Å². The molecule has 0 bridgehead atoms. The van der Waals surface area contributed by atoms with E-state index in [1.165, 1.54) is 50.1 Å². The molecule has 2 atom stereocenters. The first kappa shape index (κ1) is 32.6. The first-order chi connectivity index (χ1) is 17.0. The lowest BCUT2D eigenvalue weighted by molar-refractivity contribution is -0.169. The topological polar surface area (TPSA) is 46.5 Å². The molecule has 0 heterocycles. The predicted octanol–water partition coefficient (Wildman–Crippen LogP) is 8.57. The minimum Gasteiger partial charge on any atom is -0.459 e. The van der Waals surface area contributed by atoms with Crippen molar-refractivity contribution in [2.75, 3.05) is 0 Å². The average Bonchev–Trinajstić information content (AvgIpc) is 2.82. The Labute approximate surface area is 224 Å². The maximum atomic E-state index is 14.0. The largest absolute Gasteiger partial charge is 0.459 e. The Balaban J connectivity index is 3.29. The van der Waals surface area contributed by atoms with Crippen molar-refractivity contribution in [3.05, 3.63) is 42.5 Å². The van der Waals surface area contributed by atoms with Gasteiger partial charge in [0.25, 0.3) is 0 Å². The fourth-order valence-electron chi connectivity index (χ4n) is 5.02. The van der Waals surface area contributed by atoms with E-state index in [-0.39, 0.29) is 5.97 Å². The van der Waals surface area contributed by atoms with Crippen LogP contribution in [0.2, 0.25) is 19.1 Å². The zero-order chi connectivity index (χ0) is 27.1. The van der Waals surface area contributed by atoms with Crippen molar-refractivity contribution in [3.8, 4) is 0 Å². The van der Waals surface area contributed by atoms with Crippen LogP contribution in [0.25, 0.3) is 0 Å². The number of ether oxygens (including phenoxy) is 1. The molecule has 0 radical (unpaired) electrons. The van der Waals surface area contributed by atoms with Gasteiger partial charge in [-0.15, -0.1) is 0 Å². The van der Waals surface area contributed by atoms with Crippen LogP contribution in [0.5, 0.6) is 0 Å². The summed E-state index contributed by atoms with van der Waals surface area (Å²) < 4.78 is 6.03. The van der Waals surface area contributed by atoms with Crippen LogP contribution in [-0.2, 0) is 9.53 Å². The number of aliphatic hydroxyl groups excluding tert-OH is 1. The first-order valence-corrected chi connectivity index (χ1v) is 17.8. The summed E-state index contributed by atoms with van der Waals surface area (Å²) in [6.45, 7) is 14.8. The lowest BCUT2D eigenvalue weighted by Gasteiger charge is -2.40. The van der Waals surface area contributed by atoms with Crippen LogP contribution in [-0.4, -0.2) is 30.9 Å². The monoisotopic (exact) mass is 516 g/mol. The minimum absolute atomic E-state index is 0.269. The second-order valence-electron chi connectivity index (χ2n) is 12.3. The molecule has 4 heteroatoms. The molecule has 0 amide bonds. The van der Waals surface area contributed by atoms with E-state index < -0.39 is 25.2 Å². The fourth-order valence-corrected chi connectivity index (χ4v) is 8.28. The predicted molar refractivity (Wildman–Crippen MR) is 159 cm³/mol. The maximum Gasteiger partial charge on any atom is 0.318 e. The number of allylic oxidation sites excluding steroid dienone is 1. The molecule has 3 nitrogen and oxygen atoms in total. The van der Waals surface area contributed by atoms with Gasteiger partial charge in [0.1, 0.15) is 11.0 Å². The molecular weight excluding hydrogens is 460 g/mol. The highest BCUT2D eigenvalue weighted by molar-refractivity contribution is 6.90. The van der Waals surface area contributed by atoms with Crippen molar-refractivity contribution in [1.29, 1.82) is 0 Å². The summed E-state index contributed by atoms with van der Waals surface area (Å²) in [7, 11) is -2.07. The molecule has 0 aromatic heterocycles. The van der Waals surface area contributed by atoms with E-state index in [0.717, 1.165) is 25.7 Å². The third-order valence-corrected chi connectivity index (χ3v) is 10.5. The molecule has 1 aromatic rings. The highest BCUT2D eigenvalue weighted by atomic mass is 28.3. The molecule has 0 aliphatic carbocycles. The van der Waals surface area contributed by atoms with Crippen molar-refractivity contribution < 1.29 is 14.6 Å². The third kappa shape index (κ3) is 11.8. The molecule has 0 unspecified atom stereocenters. The molecule has 1 N–H and O–H groups in total. The maximum absolute atomic E-state index is 14.0. The van der Waals surface area contributed by atoms with E-state index in [2.05, 4.69) is 57.3 Å². The second-order valence-corrected chi connectivity index (χ2v) is 17.0. The third-order valence-electron chi connectivity index (χ3n) is 7.13. The normalized spacial score (nSPS) is 15.1. The molecule has 0 saturated heterocycles. The van der Waals surface area contributed by atoms with E-state index in [1.807, 2.05) is 32.9 Å². The van der Waals surface area contributed by atoms with Gasteiger partial charge in [0, 0.05) is 0 Å². The highest BCUT2D eigenvalue weighted by Crippen LogP contribution is 2.40. The number of benzene rings is 1. The number of rotatable bonds is 18. The number of aliphatic hydroxyl groups is 1. The van der Waals surface area contributed by atoms with Gasteiger partial charge in [0.2, 0.25) is 0 Å². The number of carbonyl (C=O) groups excluding carboxylic acids is 1. The molecule has 206 valence electrons. The van der Waals surface area contributed by atoms with Gasteiger partial charge in [-0.1, -0.05) is 132 Å². The zero-order valence-electron chi connectivity index (χ0n) is 24.6. The molecule has 0 aliphatic rings. The van der Waals surface area contributed by atoms with Crippen LogP contribution >= 0.6 is 0 Å². The molecule has 0 aliphatic heterocycles. The summed E-state index contributed by atoms with van der Waals surface area (Å²) in [5.74, 6) is -0.269. The summed E-state index contributed by atoms with van der Waals surface area (Å²) in [6.07, 6.45) is 16.7. The SMILES string of the molecule is CCCCCC/C=C/[C@@](C[Si](C)(C)c1ccccc1)(C(=O)OC(C)(C)C)[C@@H](O)CCCCCCCC. The van der Waals surface area contributed by atoms with Crippen LogP contribution in [0, 0.1) is 5.41 Å². The van der Waals surface area contributed by atoms with E-state index >= 15 is 0 Å². The van der Waals surface area contributed by atoms with Crippen molar-refractivity contribution in [2.45, 2.75) is 143 Å². The van der Waals surface area contributed by atoms with Crippen LogP contribution in [0.3, 0.4) is 0 Å². The van der Waals surface area contributed by atoms with E-state index in [9.17, 15) is 9.90 Å². The minimum atomic E-state index is -2.07. The van der Waals surface area contributed by atoms with Gasteiger partial charge in [-0.25, -0.2) is 0 Å². The van der Waals surface area contributed by atoms with E-state index in [1.54, 1.807) is 0 Å². The molecule has 1 aromatic carbocycles. The van der Waals surface area contributed by atoms with Crippen LogP contribution < -0.4 is 5.19 Å². The summed E-state index contributed by atoms with van der Waals surface area (Å²) in [5, 5.41) is 13.1. The summed E-state index contributed by atoms with van der Waals surface area (Å²) in [6, 6.07) is 11.2. The Morgan fingerprint density at radius 1 is 0.917 bits per heavy atom. The number of hydrogen-bond donors (Lipinski definition) is 1. The number of hydrogen-bond acceptors (Lipinski definition) is 3. The summed E-state index contributed by atoms with van der Waals surface area (Å²) in [5.41, 5.74) is -1.62. The van der Waals surface area contributed by atoms with Crippen molar-refractivity contribution in [3.63, 3.8) is 0 Å². The van der Waals surface area contributed by atoms with Gasteiger partial charge >= 0.3 is 5.97 Å². The van der Waals surface area contributed by atoms with Gasteiger partial charge in [0.15, 0.2) is 0 Å². The summed E-state index contributed by atoms with van der Waals surface area (Å²) >= 11 is 0. The molecule has 0 spiro atoms. The molecule has 1 rings (SSSR count). The van der Waals surface area contributed by atoms with E-state index in [4.69, 9.17) is 4.74 Å². The van der Waals surface area contributed by atoms with E-state index in [0.29, 0.717) is 12.5 Å². The Bertz CT molecular complexity index is 750. The number of carbonyl (C=O) groups is 1. The molecule has 0 saturated carbocycles. The standard InChI is InChI=1S/C32H56O3Si/c1-8-10-12-14-16-21-25-29(33)32(30(34)35-31(3,4)5,26-22-17-15-13-11-9-2)27-36(6,7)28-23-19-18-20-24-28/h18-20,22-24,26,29,33H,8-17,21,25,27H2,1-7H3/b26-22+/t29-,32-/m0/s1. The highest BCUT2D eigenvalue weighted by Gasteiger charge is 2.49. The quantitative estimate of drug-likeness (QED) is 0.0919. The lowest BCUT2D eigenvalue weighted by atomic mass is 9.80. The summed E-state index contributed by atoms with van der Waals surface area (Å²) in [4.78, 5) is 14.0. The van der Waals surface area contributed by atoms with Crippen LogP contribution in [0.1, 0.15) is 112 Å². The molecule has 0 fully saturated rings. The number of unbranched alkanes of at least 4 members (excludes halogenated alkanes) is 9. The molecular formula is C32H56O3Si. The first-order valence-electron chi connectivity index (χ1n) is 14.6. The van der Waals surface area contributed by atoms with Crippen molar-refractivity contribution in [1.82, 2.24) is 0 Å². The average molecular weight is 517 g/mol. The Morgan fingerprint density at radius 3 is 2.06 bits per heavy atom. The Kier molecular flexibility index (Phi) is 14.9. The zero-order valence-corrected chi connectivity index (χ0v) is 25.6. The molecule has 36 heavy (non-hydrogen) atoms. The smallest absolute Gasteiger partial charge is 0.318 e. The lowest BCUT2D eigenvalue weighted by Crippen LogP contribution is -2.53. The Morgan fingerprint density at radius 2 is 1.47 bits per heavy atom. The van der Waals surface area contributed by atoms with Crippen LogP contribution in [0.15, 0.2) is 42.5 Å². The van der Waals surface area contributed by atoms with Gasteiger partial charge < -0.3 is 9.84 Å².